The fourth-order valence-corrected chi connectivity index (χ4v) is 2.89. The Balaban J connectivity index is 0.00000264. The van der Waals surface area contributed by atoms with Gasteiger partial charge < -0.3 is 20.7 Å². The molecule has 1 fully saturated rings. The Kier molecular flexibility index (Phi) is 8.20. The molecule has 1 aliphatic heterocycles. The molecule has 0 aliphatic carbocycles. The number of rotatable bonds is 6. The first-order chi connectivity index (χ1) is 10.6. The van der Waals surface area contributed by atoms with Gasteiger partial charge in [0.05, 0.1) is 13.2 Å². The van der Waals surface area contributed by atoms with Crippen LogP contribution in [0.2, 0.25) is 0 Å². The summed E-state index contributed by atoms with van der Waals surface area (Å²) in [6, 6.07) is 7.82. The van der Waals surface area contributed by atoms with Crippen LogP contribution < -0.4 is 20.7 Å². The third-order valence-electron chi connectivity index (χ3n) is 4.12. The maximum absolute atomic E-state index is 12.1. The highest BCUT2D eigenvalue weighted by atomic mass is 35.5. The van der Waals surface area contributed by atoms with Crippen LogP contribution in [0.4, 0.5) is 5.69 Å². The van der Waals surface area contributed by atoms with Crippen LogP contribution in [0.5, 0.6) is 5.75 Å². The summed E-state index contributed by atoms with van der Waals surface area (Å²) in [6.45, 7) is 3.86. The maximum atomic E-state index is 12.1. The molecule has 1 aromatic rings. The van der Waals surface area contributed by atoms with Crippen LogP contribution in [-0.4, -0.2) is 38.2 Å². The van der Waals surface area contributed by atoms with E-state index in [9.17, 15) is 4.79 Å². The molecule has 1 aliphatic rings. The number of carbonyl (C=O) groups is 1. The Labute approximate surface area is 145 Å². The van der Waals surface area contributed by atoms with E-state index >= 15 is 0 Å². The monoisotopic (exact) mass is 341 g/mol. The number of hydrogen-bond acceptors (Lipinski definition) is 4. The summed E-state index contributed by atoms with van der Waals surface area (Å²) in [6.07, 6.45) is 3.73. The normalized spacial score (nSPS) is 18.7. The van der Waals surface area contributed by atoms with E-state index in [2.05, 4.69) is 16.3 Å². The van der Waals surface area contributed by atoms with Crippen molar-refractivity contribution in [3.05, 3.63) is 24.3 Å². The molecule has 0 radical (unpaired) electrons. The van der Waals surface area contributed by atoms with E-state index in [1.54, 1.807) is 7.11 Å². The molecule has 0 aromatic heterocycles. The molecular formula is C17H28ClN3O2. The molecule has 1 heterocycles. The zero-order valence-electron chi connectivity index (χ0n) is 14.0. The van der Waals surface area contributed by atoms with E-state index in [1.807, 2.05) is 25.1 Å². The van der Waals surface area contributed by atoms with Crippen molar-refractivity contribution in [2.75, 3.05) is 25.1 Å². The summed E-state index contributed by atoms with van der Waals surface area (Å²) in [5.74, 6) is 0.827. The molecular weight excluding hydrogens is 314 g/mol. The average molecular weight is 342 g/mol. The number of halogens is 1. The summed E-state index contributed by atoms with van der Waals surface area (Å²) >= 11 is 0. The zero-order chi connectivity index (χ0) is 15.9. The maximum Gasteiger partial charge on any atom is 0.237 e. The van der Waals surface area contributed by atoms with Crippen molar-refractivity contribution in [2.45, 2.75) is 44.7 Å². The van der Waals surface area contributed by atoms with Crippen molar-refractivity contribution in [3.8, 4) is 5.75 Å². The van der Waals surface area contributed by atoms with Crippen LogP contribution in [0.3, 0.4) is 0 Å². The summed E-state index contributed by atoms with van der Waals surface area (Å²) < 4.78 is 5.28. The van der Waals surface area contributed by atoms with Gasteiger partial charge in [-0.1, -0.05) is 19.4 Å². The van der Waals surface area contributed by atoms with E-state index in [0.717, 1.165) is 50.2 Å². The van der Waals surface area contributed by atoms with Gasteiger partial charge in [-0.15, -0.1) is 12.4 Å². The van der Waals surface area contributed by atoms with Gasteiger partial charge in [-0.2, -0.15) is 0 Å². The van der Waals surface area contributed by atoms with Crippen molar-refractivity contribution in [3.63, 3.8) is 0 Å². The van der Waals surface area contributed by atoms with Crippen LogP contribution in [0, 0.1) is 0 Å². The number of benzene rings is 1. The minimum atomic E-state index is -0.391. The highest BCUT2D eigenvalue weighted by Gasteiger charge is 2.23. The second-order valence-corrected chi connectivity index (χ2v) is 5.89. The molecule has 0 bridgehead atoms. The highest BCUT2D eigenvalue weighted by molar-refractivity contribution is 5.85. The molecule has 0 saturated carbocycles. The lowest BCUT2D eigenvalue weighted by Crippen LogP contribution is -2.52. The molecule has 130 valence electrons. The number of methoxy groups -OCH3 is 1. The first kappa shape index (κ1) is 19.6. The number of piperidine rings is 1. The van der Waals surface area contributed by atoms with E-state index in [-0.39, 0.29) is 24.4 Å². The second-order valence-electron chi connectivity index (χ2n) is 5.89. The Hall–Kier alpha value is -1.46. The molecule has 1 aromatic carbocycles. The van der Waals surface area contributed by atoms with Gasteiger partial charge >= 0.3 is 0 Å². The van der Waals surface area contributed by atoms with Crippen LogP contribution in [0.25, 0.3) is 0 Å². The standard InChI is InChI=1S/C17H27N3O2.ClH/c1-3-6-16(18)17(21)19-13-7-5-10-20(12-13)14-8-4-9-15(11-14)22-2;/h4,8-9,11,13,16H,3,5-7,10,12,18H2,1-2H3,(H,19,21);1H. The van der Waals surface area contributed by atoms with Crippen LogP contribution in [-0.2, 0) is 4.79 Å². The minimum absolute atomic E-state index is 0. The van der Waals surface area contributed by atoms with Gasteiger partial charge in [0.15, 0.2) is 0 Å². The van der Waals surface area contributed by atoms with Crippen LogP contribution >= 0.6 is 12.4 Å². The molecule has 1 amide bonds. The van der Waals surface area contributed by atoms with E-state index in [1.165, 1.54) is 0 Å². The number of carbonyl (C=O) groups excluding carboxylic acids is 1. The third kappa shape index (κ3) is 5.59. The van der Waals surface area contributed by atoms with Gasteiger partial charge in [0.25, 0.3) is 0 Å². The van der Waals surface area contributed by atoms with E-state index in [4.69, 9.17) is 10.5 Å². The molecule has 5 nitrogen and oxygen atoms in total. The van der Waals surface area contributed by atoms with Gasteiger partial charge in [-0.25, -0.2) is 0 Å². The van der Waals surface area contributed by atoms with Gasteiger partial charge in [0, 0.05) is 30.9 Å². The van der Waals surface area contributed by atoms with Gasteiger partial charge in [-0.05, 0) is 31.4 Å². The number of nitrogens with two attached hydrogens (primary N) is 1. The molecule has 3 N–H and O–H groups in total. The highest BCUT2D eigenvalue weighted by Crippen LogP contribution is 2.24. The molecule has 2 unspecified atom stereocenters. The van der Waals surface area contributed by atoms with Crippen LogP contribution in [0.15, 0.2) is 24.3 Å². The number of ether oxygens (including phenoxy) is 1. The zero-order valence-corrected chi connectivity index (χ0v) is 14.8. The molecule has 23 heavy (non-hydrogen) atoms. The topological polar surface area (TPSA) is 67.6 Å². The SMILES string of the molecule is CCCC(N)C(=O)NC1CCCN(c2cccc(OC)c2)C1.Cl. The molecule has 6 heteroatoms. The Morgan fingerprint density at radius 3 is 3.00 bits per heavy atom. The number of nitrogens with zero attached hydrogens (tertiary/aromatic N) is 1. The first-order valence-electron chi connectivity index (χ1n) is 8.09. The smallest absolute Gasteiger partial charge is 0.237 e. The van der Waals surface area contributed by atoms with Crippen LogP contribution in [0.1, 0.15) is 32.6 Å². The minimum Gasteiger partial charge on any atom is -0.497 e. The van der Waals surface area contributed by atoms with E-state index < -0.39 is 6.04 Å². The third-order valence-corrected chi connectivity index (χ3v) is 4.12. The molecule has 2 atom stereocenters. The Morgan fingerprint density at radius 1 is 1.52 bits per heavy atom. The second kappa shape index (κ2) is 9.63. The quantitative estimate of drug-likeness (QED) is 0.833. The summed E-state index contributed by atoms with van der Waals surface area (Å²) in [4.78, 5) is 14.4. The predicted molar refractivity (Wildman–Crippen MR) is 96.5 cm³/mol. The van der Waals surface area contributed by atoms with Crippen molar-refractivity contribution in [2.24, 2.45) is 5.73 Å². The number of nitrogens with one attached hydrogen (secondary N) is 1. The van der Waals surface area contributed by atoms with Crippen molar-refractivity contribution < 1.29 is 9.53 Å². The molecule has 1 saturated heterocycles. The number of amides is 1. The van der Waals surface area contributed by atoms with Gasteiger partial charge in [0.1, 0.15) is 5.75 Å². The summed E-state index contributed by atoms with van der Waals surface area (Å²) in [5, 5.41) is 3.09. The first-order valence-corrected chi connectivity index (χ1v) is 8.09. The Bertz CT molecular complexity index is 498. The van der Waals surface area contributed by atoms with Crippen molar-refractivity contribution in [1.29, 1.82) is 0 Å². The average Bonchev–Trinajstić information content (AvgIpc) is 2.55. The lowest BCUT2D eigenvalue weighted by molar-refractivity contribution is -0.123. The fourth-order valence-electron chi connectivity index (χ4n) is 2.89. The summed E-state index contributed by atoms with van der Waals surface area (Å²) in [5.41, 5.74) is 7.02. The van der Waals surface area contributed by atoms with Crippen molar-refractivity contribution in [1.82, 2.24) is 5.32 Å². The van der Waals surface area contributed by atoms with Gasteiger partial charge in [0.2, 0.25) is 5.91 Å². The number of hydrogen-bond donors (Lipinski definition) is 2. The summed E-state index contributed by atoms with van der Waals surface area (Å²) in [7, 11) is 1.67. The predicted octanol–water partition coefficient (Wildman–Crippen LogP) is 2.33. The fraction of sp³-hybridized carbons (Fsp3) is 0.588. The molecule has 2 rings (SSSR count). The molecule has 0 spiro atoms. The van der Waals surface area contributed by atoms with Gasteiger partial charge in [-0.3, -0.25) is 4.79 Å². The lowest BCUT2D eigenvalue weighted by Gasteiger charge is -2.35. The lowest BCUT2D eigenvalue weighted by atomic mass is 10.0. The largest absolute Gasteiger partial charge is 0.497 e. The van der Waals surface area contributed by atoms with Crippen molar-refractivity contribution >= 4 is 24.0 Å². The number of anilines is 1. The van der Waals surface area contributed by atoms with E-state index in [0.29, 0.717) is 0 Å². The Morgan fingerprint density at radius 2 is 2.30 bits per heavy atom.